The van der Waals surface area contributed by atoms with Crippen molar-refractivity contribution in [1.82, 2.24) is 19.1 Å². The number of imidazole rings is 1. The summed E-state index contributed by atoms with van der Waals surface area (Å²) < 4.78 is 3.67. The second-order valence-corrected chi connectivity index (χ2v) is 4.89. The predicted molar refractivity (Wildman–Crippen MR) is 67.7 cm³/mol. The zero-order chi connectivity index (χ0) is 12.5. The van der Waals surface area contributed by atoms with E-state index >= 15 is 0 Å². The summed E-state index contributed by atoms with van der Waals surface area (Å²) in [5.74, 6) is 1.23. The van der Waals surface area contributed by atoms with Crippen LogP contribution < -0.4 is 5.56 Å². The Morgan fingerprint density at radius 2 is 2.22 bits per heavy atom. The van der Waals surface area contributed by atoms with Crippen LogP contribution in [-0.4, -0.2) is 19.1 Å². The number of aromatic nitrogens is 4. The molecule has 0 aromatic carbocycles. The third-order valence-corrected chi connectivity index (χ3v) is 3.28. The molecule has 2 aromatic rings. The molecule has 0 N–H and O–H groups in total. The highest BCUT2D eigenvalue weighted by atomic mass is 35.5. The first kappa shape index (κ1) is 11.5. The molecule has 1 aliphatic rings. The molecule has 0 bridgehead atoms. The standard InChI is InChI=1S/C12H13ClN4O/c13-10-7-11(18)17(12(15-10)9-1-2-9)6-5-16-4-3-14-8-16/h3-4,7-9H,1-2,5-6H2. The van der Waals surface area contributed by atoms with Crippen molar-refractivity contribution >= 4 is 11.6 Å². The van der Waals surface area contributed by atoms with E-state index in [1.54, 1.807) is 17.1 Å². The Bertz CT molecular complexity index is 601. The van der Waals surface area contributed by atoms with Crippen LogP contribution in [0.5, 0.6) is 0 Å². The van der Waals surface area contributed by atoms with Crippen LogP contribution in [0.3, 0.4) is 0 Å². The Balaban J connectivity index is 1.88. The molecule has 94 valence electrons. The van der Waals surface area contributed by atoms with Crippen molar-refractivity contribution in [3.8, 4) is 0 Å². The molecule has 2 aromatic heterocycles. The van der Waals surface area contributed by atoms with Gasteiger partial charge in [0, 0.05) is 37.5 Å². The highest BCUT2D eigenvalue weighted by Crippen LogP contribution is 2.38. The van der Waals surface area contributed by atoms with E-state index in [1.807, 2.05) is 10.8 Å². The number of hydrogen-bond acceptors (Lipinski definition) is 3. The second kappa shape index (κ2) is 4.57. The van der Waals surface area contributed by atoms with Crippen molar-refractivity contribution in [3.63, 3.8) is 0 Å². The Labute approximate surface area is 109 Å². The third kappa shape index (κ3) is 2.31. The first-order valence-electron chi connectivity index (χ1n) is 5.97. The Kier molecular flexibility index (Phi) is 2.91. The van der Waals surface area contributed by atoms with Gasteiger partial charge in [0.1, 0.15) is 11.0 Å². The number of halogens is 1. The summed E-state index contributed by atoms with van der Waals surface area (Å²) in [6, 6.07) is 1.38. The van der Waals surface area contributed by atoms with Crippen molar-refractivity contribution in [2.75, 3.05) is 0 Å². The molecule has 5 nitrogen and oxygen atoms in total. The highest BCUT2D eigenvalue weighted by molar-refractivity contribution is 6.29. The molecule has 0 spiro atoms. The van der Waals surface area contributed by atoms with Crippen LogP contribution >= 0.6 is 11.6 Å². The fraction of sp³-hybridized carbons (Fsp3) is 0.417. The van der Waals surface area contributed by atoms with Crippen LogP contribution in [0.15, 0.2) is 29.6 Å². The van der Waals surface area contributed by atoms with Crippen LogP contribution in [0, 0.1) is 0 Å². The van der Waals surface area contributed by atoms with Gasteiger partial charge in [-0.3, -0.25) is 9.36 Å². The minimum absolute atomic E-state index is 0.0722. The van der Waals surface area contributed by atoms with Gasteiger partial charge in [0.05, 0.1) is 6.33 Å². The molecule has 0 saturated heterocycles. The quantitative estimate of drug-likeness (QED) is 0.790. The van der Waals surface area contributed by atoms with Crippen molar-refractivity contribution in [2.45, 2.75) is 31.8 Å². The van der Waals surface area contributed by atoms with Gasteiger partial charge >= 0.3 is 0 Å². The topological polar surface area (TPSA) is 52.7 Å². The van der Waals surface area contributed by atoms with Crippen LogP contribution in [0.25, 0.3) is 0 Å². The summed E-state index contributed by atoms with van der Waals surface area (Å²) in [6.07, 6.45) is 7.54. The van der Waals surface area contributed by atoms with Crippen LogP contribution in [0.1, 0.15) is 24.6 Å². The maximum Gasteiger partial charge on any atom is 0.255 e. The molecule has 0 radical (unpaired) electrons. The van der Waals surface area contributed by atoms with E-state index in [9.17, 15) is 4.79 Å². The molecule has 2 heterocycles. The second-order valence-electron chi connectivity index (χ2n) is 4.50. The van der Waals surface area contributed by atoms with Gasteiger partial charge in [0.15, 0.2) is 0 Å². The molecule has 1 saturated carbocycles. The van der Waals surface area contributed by atoms with Crippen molar-refractivity contribution in [3.05, 3.63) is 46.1 Å². The molecule has 18 heavy (non-hydrogen) atoms. The predicted octanol–water partition coefficient (Wildman–Crippen LogP) is 1.67. The molecule has 0 atom stereocenters. The minimum Gasteiger partial charge on any atom is -0.336 e. The van der Waals surface area contributed by atoms with Crippen LogP contribution in [0.4, 0.5) is 0 Å². The molecule has 0 amide bonds. The van der Waals surface area contributed by atoms with Gasteiger partial charge in [0.2, 0.25) is 0 Å². The van der Waals surface area contributed by atoms with Gasteiger partial charge in [-0.15, -0.1) is 0 Å². The molecule has 3 rings (SSSR count). The Morgan fingerprint density at radius 3 is 2.89 bits per heavy atom. The first-order chi connectivity index (χ1) is 8.74. The molecule has 0 unspecified atom stereocenters. The lowest BCUT2D eigenvalue weighted by Crippen LogP contribution is -2.26. The smallest absolute Gasteiger partial charge is 0.255 e. The van der Waals surface area contributed by atoms with E-state index in [4.69, 9.17) is 11.6 Å². The molecular weight excluding hydrogens is 252 g/mol. The lowest BCUT2D eigenvalue weighted by molar-refractivity contribution is 0.535. The fourth-order valence-corrected chi connectivity index (χ4v) is 2.19. The van der Waals surface area contributed by atoms with Gasteiger partial charge in [-0.25, -0.2) is 9.97 Å². The molecule has 0 aliphatic heterocycles. The van der Waals surface area contributed by atoms with Crippen molar-refractivity contribution < 1.29 is 0 Å². The average Bonchev–Trinajstić information content (AvgIpc) is 3.05. The van der Waals surface area contributed by atoms with Crippen LogP contribution in [-0.2, 0) is 13.1 Å². The van der Waals surface area contributed by atoms with Crippen LogP contribution in [0.2, 0.25) is 5.15 Å². The zero-order valence-electron chi connectivity index (χ0n) is 9.79. The van der Waals surface area contributed by atoms with Crippen molar-refractivity contribution in [1.29, 1.82) is 0 Å². The molecule has 6 heteroatoms. The number of aryl methyl sites for hydroxylation is 1. The number of rotatable bonds is 4. The molecule has 1 fully saturated rings. The maximum atomic E-state index is 12.0. The van der Waals surface area contributed by atoms with E-state index in [0.717, 1.165) is 18.7 Å². The molecule has 1 aliphatic carbocycles. The van der Waals surface area contributed by atoms with E-state index in [2.05, 4.69) is 9.97 Å². The Morgan fingerprint density at radius 1 is 1.39 bits per heavy atom. The average molecular weight is 265 g/mol. The molecular formula is C12H13ClN4O. The van der Waals surface area contributed by atoms with Gasteiger partial charge in [0.25, 0.3) is 5.56 Å². The first-order valence-corrected chi connectivity index (χ1v) is 6.35. The van der Waals surface area contributed by atoms with E-state index in [0.29, 0.717) is 24.2 Å². The van der Waals surface area contributed by atoms with E-state index < -0.39 is 0 Å². The van der Waals surface area contributed by atoms with Gasteiger partial charge in [-0.2, -0.15) is 0 Å². The number of nitrogens with zero attached hydrogens (tertiary/aromatic N) is 4. The minimum atomic E-state index is -0.0722. The van der Waals surface area contributed by atoms with E-state index in [-0.39, 0.29) is 5.56 Å². The summed E-state index contributed by atoms with van der Waals surface area (Å²) >= 11 is 5.85. The monoisotopic (exact) mass is 264 g/mol. The number of hydrogen-bond donors (Lipinski definition) is 0. The zero-order valence-corrected chi connectivity index (χ0v) is 10.5. The van der Waals surface area contributed by atoms with E-state index in [1.165, 1.54) is 6.07 Å². The van der Waals surface area contributed by atoms with Gasteiger partial charge < -0.3 is 4.57 Å². The lowest BCUT2D eigenvalue weighted by Gasteiger charge is -2.11. The van der Waals surface area contributed by atoms with Gasteiger partial charge in [-0.05, 0) is 12.8 Å². The maximum absolute atomic E-state index is 12.0. The highest BCUT2D eigenvalue weighted by Gasteiger charge is 2.28. The summed E-state index contributed by atoms with van der Waals surface area (Å²) in [7, 11) is 0. The largest absolute Gasteiger partial charge is 0.336 e. The summed E-state index contributed by atoms with van der Waals surface area (Å²) in [5.41, 5.74) is -0.0722. The summed E-state index contributed by atoms with van der Waals surface area (Å²) in [5, 5.41) is 0.292. The lowest BCUT2D eigenvalue weighted by atomic mass is 10.3. The summed E-state index contributed by atoms with van der Waals surface area (Å²) in [6.45, 7) is 1.31. The summed E-state index contributed by atoms with van der Waals surface area (Å²) in [4.78, 5) is 20.2. The normalized spacial score (nSPS) is 14.9. The Hall–Kier alpha value is -1.62. The third-order valence-electron chi connectivity index (χ3n) is 3.09. The van der Waals surface area contributed by atoms with Gasteiger partial charge in [-0.1, -0.05) is 11.6 Å². The van der Waals surface area contributed by atoms with Crippen molar-refractivity contribution in [2.24, 2.45) is 0 Å². The fourth-order valence-electron chi connectivity index (χ4n) is 2.01. The SMILES string of the molecule is O=c1cc(Cl)nc(C2CC2)n1CCn1ccnc1.